The number of aryl methyl sites for hydroxylation is 1. The van der Waals surface area contributed by atoms with Gasteiger partial charge in [-0.3, -0.25) is 0 Å². The van der Waals surface area contributed by atoms with Crippen LogP contribution in [0, 0.1) is 0 Å². The monoisotopic (exact) mass is 232 g/mol. The van der Waals surface area contributed by atoms with Crippen LogP contribution in [0.1, 0.15) is 17.9 Å². The normalized spacial score (nSPS) is 13.2. The first-order chi connectivity index (χ1) is 6.68. The van der Waals surface area contributed by atoms with Gasteiger partial charge in [0.15, 0.2) is 0 Å². The molecule has 0 aliphatic rings. The summed E-state index contributed by atoms with van der Waals surface area (Å²) in [5.74, 6) is -0.320. The molecule has 1 heterocycles. The number of H-pyrrole nitrogens is 1. The number of hydrogen-bond donors (Lipinski definition) is 1. The van der Waals surface area contributed by atoms with Crippen LogP contribution in [0.15, 0.2) is 6.20 Å². The fraction of sp³-hybridized carbons (Fsp3) is 0.571. The number of hydrogen-bond acceptors (Lipinski definition) is 1. The number of aromatic nitrogens is 2. The standard InChI is InChI=1S/C7H6F6N2/c8-6(9,10)2-1-5-14-3-4(15-5)7(11,12)13/h3H,1-2H2,(H,14,15). The third-order valence-corrected chi connectivity index (χ3v) is 1.58. The highest BCUT2D eigenvalue weighted by Gasteiger charge is 2.33. The Kier molecular flexibility index (Phi) is 2.96. The van der Waals surface area contributed by atoms with E-state index < -0.39 is 30.9 Å². The van der Waals surface area contributed by atoms with Crippen LogP contribution in [0.4, 0.5) is 26.3 Å². The summed E-state index contributed by atoms with van der Waals surface area (Å²) in [5, 5.41) is 0. The second kappa shape index (κ2) is 3.74. The van der Waals surface area contributed by atoms with Gasteiger partial charge in [-0.25, -0.2) is 4.98 Å². The highest BCUT2D eigenvalue weighted by atomic mass is 19.4. The SMILES string of the molecule is FC(F)(F)CCc1ncc(C(F)(F)F)[nH]1. The fourth-order valence-electron chi connectivity index (χ4n) is 0.894. The minimum absolute atomic E-state index is 0.320. The van der Waals surface area contributed by atoms with Crippen LogP contribution in [-0.4, -0.2) is 16.1 Å². The van der Waals surface area contributed by atoms with Crippen molar-refractivity contribution in [1.29, 1.82) is 0 Å². The van der Waals surface area contributed by atoms with Gasteiger partial charge >= 0.3 is 12.4 Å². The second-order valence-corrected chi connectivity index (χ2v) is 2.86. The molecule has 0 unspecified atom stereocenters. The highest BCUT2D eigenvalue weighted by Crippen LogP contribution is 2.28. The molecule has 0 spiro atoms. The first kappa shape index (κ1) is 11.9. The zero-order valence-corrected chi connectivity index (χ0v) is 7.21. The molecule has 0 saturated carbocycles. The van der Waals surface area contributed by atoms with Crippen molar-refractivity contribution in [2.24, 2.45) is 0 Å². The van der Waals surface area contributed by atoms with E-state index in [9.17, 15) is 26.3 Å². The van der Waals surface area contributed by atoms with Gasteiger partial charge in [-0.15, -0.1) is 0 Å². The van der Waals surface area contributed by atoms with Gasteiger partial charge in [-0.2, -0.15) is 26.3 Å². The number of nitrogens with one attached hydrogen (secondary N) is 1. The first-order valence-corrected chi connectivity index (χ1v) is 3.86. The number of imidazole rings is 1. The Morgan fingerprint density at radius 3 is 2.13 bits per heavy atom. The Hall–Kier alpha value is -1.21. The molecule has 0 amide bonds. The summed E-state index contributed by atoms with van der Waals surface area (Å²) in [6.07, 6.45) is -10.3. The van der Waals surface area contributed by atoms with Gasteiger partial charge in [0.1, 0.15) is 11.5 Å². The molecule has 1 aromatic rings. The van der Waals surface area contributed by atoms with E-state index >= 15 is 0 Å². The predicted molar refractivity (Wildman–Crippen MR) is 38.0 cm³/mol. The summed E-state index contributed by atoms with van der Waals surface area (Å²) >= 11 is 0. The lowest BCUT2D eigenvalue weighted by atomic mass is 10.3. The van der Waals surface area contributed by atoms with Gasteiger partial charge in [0, 0.05) is 6.42 Å². The maximum Gasteiger partial charge on any atom is 0.432 e. The number of halogens is 6. The largest absolute Gasteiger partial charge is 0.432 e. The molecule has 0 aromatic carbocycles. The minimum atomic E-state index is -4.61. The fourth-order valence-corrected chi connectivity index (χ4v) is 0.894. The molecule has 1 rings (SSSR count). The molecule has 0 atom stereocenters. The third kappa shape index (κ3) is 3.80. The van der Waals surface area contributed by atoms with Crippen LogP contribution in [0.5, 0.6) is 0 Å². The van der Waals surface area contributed by atoms with Crippen molar-refractivity contribution in [2.45, 2.75) is 25.2 Å². The topological polar surface area (TPSA) is 28.7 Å². The Balaban J connectivity index is 2.62. The van der Waals surface area contributed by atoms with Gasteiger partial charge in [0.25, 0.3) is 0 Å². The number of nitrogens with zero attached hydrogens (tertiary/aromatic N) is 1. The smallest absolute Gasteiger partial charge is 0.338 e. The lowest BCUT2D eigenvalue weighted by Crippen LogP contribution is -2.10. The van der Waals surface area contributed by atoms with E-state index in [1.807, 2.05) is 0 Å². The molecular weight excluding hydrogens is 226 g/mol. The average Bonchev–Trinajstić information content (AvgIpc) is 2.45. The van der Waals surface area contributed by atoms with Crippen molar-refractivity contribution in [1.82, 2.24) is 9.97 Å². The van der Waals surface area contributed by atoms with Crippen LogP contribution in [0.25, 0.3) is 0 Å². The van der Waals surface area contributed by atoms with Gasteiger partial charge in [-0.1, -0.05) is 0 Å². The highest BCUT2D eigenvalue weighted by molar-refractivity contribution is 5.05. The van der Waals surface area contributed by atoms with Gasteiger partial charge in [0.2, 0.25) is 0 Å². The molecule has 86 valence electrons. The lowest BCUT2D eigenvalue weighted by Gasteiger charge is -2.04. The summed E-state index contributed by atoms with van der Waals surface area (Å²) in [6, 6.07) is 0. The summed E-state index contributed by atoms with van der Waals surface area (Å²) in [6.45, 7) is 0. The number of alkyl halides is 6. The van der Waals surface area contributed by atoms with E-state index in [0.29, 0.717) is 6.20 Å². The quantitative estimate of drug-likeness (QED) is 0.780. The van der Waals surface area contributed by atoms with Crippen LogP contribution in [0.2, 0.25) is 0 Å². The van der Waals surface area contributed by atoms with Crippen molar-refractivity contribution < 1.29 is 26.3 Å². The van der Waals surface area contributed by atoms with E-state index in [0.717, 1.165) is 0 Å². The summed E-state index contributed by atoms with van der Waals surface area (Å²) in [7, 11) is 0. The van der Waals surface area contributed by atoms with Crippen molar-refractivity contribution in [3.05, 3.63) is 17.7 Å². The second-order valence-electron chi connectivity index (χ2n) is 2.86. The maximum absolute atomic E-state index is 12.0. The molecule has 0 aliphatic heterocycles. The predicted octanol–water partition coefficient (Wildman–Crippen LogP) is 2.92. The molecule has 0 aliphatic carbocycles. The van der Waals surface area contributed by atoms with E-state index in [-0.39, 0.29) is 5.82 Å². The minimum Gasteiger partial charge on any atom is -0.338 e. The molecule has 1 N–H and O–H groups in total. The summed E-state index contributed by atoms with van der Waals surface area (Å²) in [4.78, 5) is 5.00. The third-order valence-electron chi connectivity index (χ3n) is 1.58. The summed E-state index contributed by atoms with van der Waals surface area (Å²) < 4.78 is 71.1. The Morgan fingerprint density at radius 1 is 1.13 bits per heavy atom. The Bertz CT molecular complexity index is 323. The molecule has 15 heavy (non-hydrogen) atoms. The van der Waals surface area contributed by atoms with E-state index in [2.05, 4.69) is 4.98 Å². The van der Waals surface area contributed by atoms with Crippen LogP contribution < -0.4 is 0 Å². The molecule has 0 saturated heterocycles. The van der Waals surface area contributed by atoms with Gasteiger partial charge < -0.3 is 4.98 Å². The van der Waals surface area contributed by atoms with Crippen LogP contribution in [0.3, 0.4) is 0 Å². The first-order valence-electron chi connectivity index (χ1n) is 3.86. The van der Waals surface area contributed by atoms with Crippen molar-refractivity contribution >= 4 is 0 Å². The van der Waals surface area contributed by atoms with Gasteiger partial charge in [0.05, 0.1) is 12.6 Å². The molecule has 0 radical (unpaired) electrons. The molecule has 2 nitrogen and oxygen atoms in total. The Labute approximate surface area is 80.3 Å². The van der Waals surface area contributed by atoms with E-state index in [1.165, 1.54) is 0 Å². The Morgan fingerprint density at radius 2 is 1.73 bits per heavy atom. The van der Waals surface area contributed by atoms with E-state index in [1.54, 1.807) is 4.98 Å². The van der Waals surface area contributed by atoms with E-state index in [4.69, 9.17) is 0 Å². The van der Waals surface area contributed by atoms with Crippen LogP contribution in [-0.2, 0) is 12.6 Å². The van der Waals surface area contributed by atoms with Crippen molar-refractivity contribution in [3.8, 4) is 0 Å². The summed E-state index contributed by atoms with van der Waals surface area (Å²) in [5.41, 5.74) is -1.14. The molecule has 1 aromatic heterocycles. The zero-order chi connectivity index (χ0) is 11.7. The number of rotatable bonds is 2. The molecule has 0 bridgehead atoms. The number of aromatic amines is 1. The van der Waals surface area contributed by atoms with Crippen molar-refractivity contribution in [2.75, 3.05) is 0 Å². The van der Waals surface area contributed by atoms with Gasteiger partial charge in [-0.05, 0) is 0 Å². The molecule has 0 fully saturated rings. The van der Waals surface area contributed by atoms with Crippen molar-refractivity contribution in [3.63, 3.8) is 0 Å². The molecular formula is C7H6F6N2. The van der Waals surface area contributed by atoms with Crippen LogP contribution >= 0.6 is 0 Å². The maximum atomic E-state index is 12.0. The average molecular weight is 232 g/mol. The zero-order valence-electron chi connectivity index (χ0n) is 7.21. The molecule has 8 heteroatoms. The lowest BCUT2D eigenvalue weighted by molar-refractivity contribution is -0.141.